The number of unbranched alkanes of at least 4 members (excludes halogenated alkanes) is 1. The van der Waals surface area contributed by atoms with Crippen LogP contribution in [-0.4, -0.2) is 48.8 Å². The van der Waals surface area contributed by atoms with Crippen LogP contribution < -0.4 is 0 Å². The highest BCUT2D eigenvalue weighted by Crippen LogP contribution is 2.19. The topological polar surface area (TPSA) is 49.8 Å². The molecule has 15 heavy (non-hydrogen) atoms. The van der Waals surface area contributed by atoms with Gasteiger partial charge in [-0.25, -0.2) is 0 Å². The van der Waals surface area contributed by atoms with Crippen molar-refractivity contribution in [1.82, 2.24) is 4.90 Å². The van der Waals surface area contributed by atoms with Crippen molar-refractivity contribution in [1.29, 1.82) is 0 Å². The number of likely N-dealkylation sites (N-methyl/N-ethyl adjacent to an activating group) is 1. The molecule has 0 aliphatic carbocycles. The van der Waals surface area contributed by atoms with Crippen LogP contribution in [0.25, 0.3) is 0 Å². The molecule has 2 atom stereocenters. The van der Waals surface area contributed by atoms with Crippen LogP contribution in [0, 0.1) is 5.92 Å². The second kappa shape index (κ2) is 5.88. The fourth-order valence-corrected chi connectivity index (χ4v) is 1.86. The van der Waals surface area contributed by atoms with Gasteiger partial charge in [-0.05, 0) is 26.4 Å². The van der Waals surface area contributed by atoms with Gasteiger partial charge in [-0.1, -0.05) is 6.08 Å². The molecule has 0 amide bonds. The third-order valence-corrected chi connectivity index (χ3v) is 2.85. The Hall–Kier alpha value is -0.870. The highest BCUT2D eigenvalue weighted by molar-refractivity contribution is 5.71. The van der Waals surface area contributed by atoms with Crippen LogP contribution in [0.15, 0.2) is 12.7 Å². The largest absolute Gasteiger partial charge is 0.481 e. The highest BCUT2D eigenvalue weighted by Gasteiger charge is 2.36. The van der Waals surface area contributed by atoms with Crippen LogP contribution in [0.1, 0.15) is 12.8 Å². The van der Waals surface area contributed by atoms with Gasteiger partial charge in [-0.3, -0.25) is 4.79 Å². The Kier molecular flexibility index (Phi) is 4.78. The Morgan fingerprint density at radius 2 is 2.40 bits per heavy atom. The van der Waals surface area contributed by atoms with Gasteiger partial charge in [0.15, 0.2) is 0 Å². The van der Waals surface area contributed by atoms with Crippen LogP contribution in [0.4, 0.5) is 0 Å². The average Bonchev–Trinajstić information content (AvgIpc) is 2.66. The molecule has 86 valence electrons. The number of allylic oxidation sites excluding steroid dienone is 1. The molecule has 2 unspecified atom stereocenters. The van der Waals surface area contributed by atoms with Crippen molar-refractivity contribution >= 4 is 5.97 Å². The first-order chi connectivity index (χ1) is 7.16. The predicted octanol–water partition coefficient (Wildman–Crippen LogP) is 0.984. The Morgan fingerprint density at radius 3 is 3.00 bits per heavy atom. The van der Waals surface area contributed by atoms with E-state index >= 15 is 0 Å². The lowest BCUT2D eigenvalue weighted by Crippen LogP contribution is -2.41. The van der Waals surface area contributed by atoms with Crippen molar-refractivity contribution < 1.29 is 14.6 Å². The molecule has 4 heteroatoms. The number of carboxylic acid groups (broad SMARTS) is 1. The quantitative estimate of drug-likeness (QED) is 0.528. The molecule has 1 N–H and O–H groups in total. The second-order valence-corrected chi connectivity index (χ2v) is 3.96. The fourth-order valence-electron chi connectivity index (χ4n) is 1.86. The molecule has 0 radical (unpaired) electrons. The van der Waals surface area contributed by atoms with E-state index in [0.29, 0.717) is 13.2 Å². The summed E-state index contributed by atoms with van der Waals surface area (Å²) in [5.41, 5.74) is 0. The zero-order chi connectivity index (χ0) is 11.3. The molecule has 1 aliphatic rings. The maximum atomic E-state index is 10.9. The lowest BCUT2D eigenvalue weighted by Gasteiger charge is -2.25. The molecule has 1 rings (SSSR count). The molecule has 0 aromatic carbocycles. The number of carbonyl (C=O) groups is 1. The lowest BCUT2D eigenvalue weighted by molar-refractivity contribution is -0.143. The zero-order valence-electron chi connectivity index (χ0n) is 9.19. The third kappa shape index (κ3) is 3.32. The number of rotatable bonds is 6. The van der Waals surface area contributed by atoms with Crippen LogP contribution in [-0.2, 0) is 9.53 Å². The summed E-state index contributed by atoms with van der Waals surface area (Å²) in [6.07, 6.45) is 3.87. The summed E-state index contributed by atoms with van der Waals surface area (Å²) >= 11 is 0. The number of hydrogen-bond acceptors (Lipinski definition) is 3. The summed E-state index contributed by atoms with van der Waals surface area (Å²) in [4.78, 5) is 13.0. The van der Waals surface area contributed by atoms with Crippen molar-refractivity contribution in [3.05, 3.63) is 12.7 Å². The Bertz CT molecular complexity index is 230. The van der Waals surface area contributed by atoms with E-state index in [0.717, 1.165) is 19.4 Å². The molecule has 1 aliphatic heterocycles. The molecule has 1 fully saturated rings. The van der Waals surface area contributed by atoms with Crippen molar-refractivity contribution in [2.75, 3.05) is 26.8 Å². The molecule has 0 saturated carbocycles. The maximum absolute atomic E-state index is 10.9. The van der Waals surface area contributed by atoms with Crippen LogP contribution in [0.2, 0.25) is 0 Å². The summed E-state index contributed by atoms with van der Waals surface area (Å²) in [5, 5.41) is 8.98. The molecule has 0 spiro atoms. The molecule has 1 saturated heterocycles. The monoisotopic (exact) mass is 213 g/mol. The van der Waals surface area contributed by atoms with E-state index in [2.05, 4.69) is 11.5 Å². The Morgan fingerprint density at radius 1 is 1.67 bits per heavy atom. The van der Waals surface area contributed by atoms with E-state index in [1.807, 2.05) is 13.1 Å². The normalized spacial score (nSPS) is 25.7. The van der Waals surface area contributed by atoms with Gasteiger partial charge >= 0.3 is 5.97 Å². The molecule has 1 heterocycles. The van der Waals surface area contributed by atoms with Crippen LogP contribution in [0.5, 0.6) is 0 Å². The first-order valence-electron chi connectivity index (χ1n) is 5.28. The summed E-state index contributed by atoms with van der Waals surface area (Å²) in [6, 6.07) is 0.0207. The lowest BCUT2D eigenvalue weighted by atomic mass is 10.0. The Labute approximate surface area is 90.5 Å². The van der Waals surface area contributed by atoms with Gasteiger partial charge in [0.2, 0.25) is 0 Å². The van der Waals surface area contributed by atoms with E-state index < -0.39 is 5.97 Å². The minimum Gasteiger partial charge on any atom is -0.481 e. The van der Waals surface area contributed by atoms with Gasteiger partial charge in [0.1, 0.15) is 0 Å². The van der Waals surface area contributed by atoms with E-state index in [1.165, 1.54) is 0 Å². The summed E-state index contributed by atoms with van der Waals surface area (Å²) in [5.74, 6) is -1.13. The SMILES string of the molecule is C=CCCCN(C)C1COCC1C(=O)O. The maximum Gasteiger partial charge on any atom is 0.310 e. The number of nitrogens with zero attached hydrogens (tertiary/aromatic N) is 1. The van der Waals surface area contributed by atoms with Crippen molar-refractivity contribution in [2.24, 2.45) is 5.92 Å². The number of hydrogen-bond donors (Lipinski definition) is 1. The van der Waals surface area contributed by atoms with Crippen molar-refractivity contribution in [3.63, 3.8) is 0 Å². The van der Waals surface area contributed by atoms with E-state index in [4.69, 9.17) is 9.84 Å². The smallest absolute Gasteiger partial charge is 0.310 e. The molecule has 4 nitrogen and oxygen atoms in total. The number of carboxylic acids is 1. The zero-order valence-corrected chi connectivity index (χ0v) is 9.19. The fraction of sp³-hybridized carbons (Fsp3) is 0.727. The summed E-state index contributed by atoms with van der Waals surface area (Å²) < 4.78 is 5.22. The molecule has 0 aromatic rings. The molecule has 0 bridgehead atoms. The van der Waals surface area contributed by atoms with E-state index in [-0.39, 0.29) is 12.0 Å². The van der Waals surface area contributed by atoms with Gasteiger partial charge in [-0.2, -0.15) is 0 Å². The third-order valence-electron chi connectivity index (χ3n) is 2.85. The minimum absolute atomic E-state index is 0.0207. The second-order valence-electron chi connectivity index (χ2n) is 3.96. The highest BCUT2D eigenvalue weighted by atomic mass is 16.5. The van der Waals surface area contributed by atoms with Gasteiger partial charge in [0.25, 0.3) is 0 Å². The van der Waals surface area contributed by atoms with Crippen LogP contribution >= 0.6 is 0 Å². The minimum atomic E-state index is -0.756. The predicted molar refractivity (Wildman–Crippen MR) is 57.8 cm³/mol. The number of ether oxygens (including phenoxy) is 1. The first kappa shape index (κ1) is 12.2. The van der Waals surface area contributed by atoms with Gasteiger partial charge in [-0.15, -0.1) is 6.58 Å². The Balaban J connectivity index is 2.40. The van der Waals surface area contributed by atoms with Crippen molar-refractivity contribution in [2.45, 2.75) is 18.9 Å². The average molecular weight is 213 g/mol. The molecule has 0 aromatic heterocycles. The van der Waals surface area contributed by atoms with Crippen LogP contribution in [0.3, 0.4) is 0 Å². The molecular formula is C11H19NO3. The summed E-state index contributed by atoms with van der Waals surface area (Å²) in [6.45, 7) is 5.42. The first-order valence-corrected chi connectivity index (χ1v) is 5.28. The standard InChI is InChI=1S/C11H19NO3/c1-3-4-5-6-12(2)10-8-15-7-9(10)11(13)14/h3,9-10H,1,4-8H2,2H3,(H,13,14). The van der Waals surface area contributed by atoms with Gasteiger partial charge in [0.05, 0.1) is 19.1 Å². The van der Waals surface area contributed by atoms with Gasteiger partial charge < -0.3 is 14.7 Å². The molecular weight excluding hydrogens is 194 g/mol. The van der Waals surface area contributed by atoms with Crippen molar-refractivity contribution in [3.8, 4) is 0 Å². The summed E-state index contributed by atoms with van der Waals surface area (Å²) in [7, 11) is 1.96. The van der Waals surface area contributed by atoms with Gasteiger partial charge in [0, 0.05) is 6.04 Å². The van der Waals surface area contributed by atoms with E-state index in [9.17, 15) is 4.79 Å². The number of aliphatic carboxylic acids is 1. The van der Waals surface area contributed by atoms with E-state index in [1.54, 1.807) is 0 Å².